The van der Waals surface area contributed by atoms with Crippen LogP contribution in [0.5, 0.6) is 0 Å². The molecule has 1 unspecified atom stereocenters. The third-order valence-electron chi connectivity index (χ3n) is 3.69. The summed E-state index contributed by atoms with van der Waals surface area (Å²) in [6, 6.07) is 5.98. The molecule has 20 heavy (non-hydrogen) atoms. The van der Waals surface area contributed by atoms with Crippen LogP contribution in [0.1, 0.15) is 30.1 Å². The minimum atomic E-state index is -0.660. The van der Waals surface area contributed by atoms with Crippen molar-refractivity contribution in [1.29, 1.82) is 0 Å². The van der Waals surface area contributed by atoms with Gasteiger partial charge in [0.1, 0.15) is 0 Å². The average molecular weight is 276 g/mol. The molecule has 1 aliphatic carbocycles. The normalized spacial score (nSPS) is 17.1. The van der Waals surface area contributed by atoms with Crippen LogP contribution in [-0.2, 0) is 0 Å². The number of amides is 3. The van der Waals surface area contributed by atoms with Crippen LogP contribution in [-0.4, -0.2) is 24.0 Å². The summed E-state index contributed by atoms with van der Waals surface area (Å²) >= 11 is 0. The molecule has 6 nitrogen and oxygen atoms in total. The lowest BCUT2D eigenvalue weighted by Crippen LogP contribution is -2.53. The topological polar surface area (TPSA) is 110 Å². The van der Waals surface area contributed by atoms with E-state index in [2.05, 4.69) is 10.6 Å². The predicted molar refractivity (Wildman–Crippen MR) is 77.3 cm³/mol. The van der Waals surface area contributed by atoms with Gasteiger partial charge >= 0.3 is 6.03 Å². The molecule has 3 amide bonds. The van der Waals surface area contributed by atoms with Crippen molar-refractivity contribution in [3.8, 4) is 0 Å². The van der Waals surface area contributed by atoms with Crippen molar-refractivity contribution in [3.05, 3.63) is 29.8 Å². The number of carbonyl (C=O) groups excluding carboxylic acids is 2. The molecule has 0 aromatic heterocycles. The Morgan fingerprint density at radius 2 is 2.10 bits per heavy atom. The second-order valence-corrected chi connectivity index (χ2v) is 5.42. The van der Waals surface area contributed by atoms with Crippen LogP contribution in [0.2, 0.25) is 0 Å². The third kappa shape index (κ3) is 3.27. The predicted octanol–water partition coefficient (Wildman–Crippen LogP) is 1.03. The Balaban J connectivity index is 2.10. The Morgan fingerprint density at radius 3 is 2.65 bits per heavy atom. The molecular formula is C14H20N4O2. The third-order valence-corrected chi connectivity index (χ3v) is 3.69. The van der Waals surface area contributed by atoms with E-state index in [1.165, 1.54) is 0 Å². The van der Waals surface area contributed by atoms with Crippen LogP contribution in [0, 0.1) is 5.92 Å². The Bertz CT molecular complexity index is 528. The largest absolute Gasteiger partial charge is 0.351 e. The maximum atomic E-state index is 12.3. The van der Waals surface area contributed by atoms with Gasteiger partial charge in [0.25, 0.3) is 5.91 Å². The number of nitrogens with one attached hydrogen (secondary N) is 2. The molecular weight excluding hydrogens is 256 g/mol. The van der Waals surface area contributed by atoms with Gasteiger partial charge in [-0.25, -0.2) is 4.79 Å². The quantitative estimate of drug-likeness (QED) is 0.644. The van der Waals surface area contributed by atoms with Crippen molar-refractivity contribution in [3.63, 3.8) is 0 Å². The Labute approximate surface area is 117 Å². The highest BCUT2D eigenvalue weighted by Crippen LogP contribution is 2.39. The summed E-state index contributed by atoms with van der Waals surface area (Å²) in [6.07, 6.45) is 2.19. The molecule has 2 rings (SSSR count). The molecule has 1 aromatic carbocycles. The minimum Gasteiger partial charge on any atom is -0.351 e. The molecule has 0 spiro atoms. The summed E-state index contributed by atoms with van der Waals surface area (Å²) in [5.74, 6) is 0.251. The fraction of sp³-hybridized carbons (Fsp3) is 0.429. The molecule has 0 radical (unpaired) electrons. The monoisotopic (exact) mass is 276 g/mol. The maximum Gasteiger partial charge on any atom is 0.316 e. The van der Waals surface area contributed by atoms with E-state index in [1.807, 2.05) is 6.92 Å². The highest BCUT2D eigenvalue weighted by atomic mass is 16.2. The lowest BCUT2D eigenvalue weighted by Gasteiger charge is -2.29. The van der Waals surface area contributed by atoms with E-state index in [1.54, 1.807) is 24.3 Å². The first-order chi connectivity index (χ1) is 9.44. The van der Waals surface area contributed by atoms with Crippen molar-refractivity contribution in [2.24, 2.45) is 17.4 Å². The van der Waals surface area contributed by atoms with E-state index in [9.17, 15) is 9.59 Å². The number of anilines is 1. The van der Waals surface area contributed by atoms with Gasteiger partial charge in [-0.05, 0) is 43.9 Å². The zero-order valence-electron chi connectivity index (χ0n) is 11.5. The van der Waals surface area contributed by atoms with Crippen molar-refractivity contribution < 1.29 is 9.59 Å². The molecule has 1 aromatic rings. The summed E-state index contributed by atoms with van der Waals surface area (Å²) in [6.45, 7) is 2.37. The molecule has 6 N–H and O–H groups in total. The van der Waals surface area contributed by atoms with E-state index in [4.69, 9.17) is 11.5 Å². The Kier molecular flexibility index (Phi) is 3.94. The fourth-order valence-electron chi connectivity index (χ4n) is 2.25. The minimum absolute atomic E-state index is 0.196. The molecule has 0 aliphatic heterocycles. The van der Waals surface area contributed by atoms with Crippen molar-refractivity contribution >= 4 is 17.6 Å². The first-order valence-electron chi connectivity index (χ1n) is 6.64. The number of rotatable bonds is 5. The highest BCUT2D eigenvalue weighted by molar-refractivity contribution is 5.97. The zero-order valence-corrected chi connectivity index (χ0v) is 11.5. The molecule has 1 fully saturated rings. The SMILES string of the molecule is CC(CN)(NC(=O)c1cccc(NC(N)=O)c1)C1CC1. The van der Waals surface area contributed by atoms with Gasteiger partial charge < -0.3 is 22.1 Å². The summed E-state index contributed by atoms with van der Waals surface area (Å²) in [5.41, 5.74) is 11.4. The average Bonchev–Trinajstić information content (AvgIpc) is 3.22. The van der Waals surface area contributed by atoms with E-state index < -0.39 is 6.03 Å². The Hall–Kier alpha value is -2.08. The van der Waals surface area contributed by atoms with Crippen molar-refractivity contribution in [1.82, 2.24) is 5.32 Å². The molecule has 0 bridgehead atoms. The lowest BCUT2D eigenvalue weighted by atomic mass is 9.95. The summed E-state index contributed by atoms with van der Waals surface area (Å²) in [7, 11) is 0. The van der Waals surface area contributed by atoms with Crippen LogP contribution >= 0.6 is 0 Å². The van der Waals surface area contributed by atoms with Gasteiger partial charge in [0.05, 0.1) is 5.54 Å². The van der Waals surface area contributed by atoms with E-state index >= 15 is 0 Å². The number of urea groups is 1. The summed E-state index contributed by atoms with van der Waals surface area (Å²) in [4.78, 5) is 23.1. The second kappa shape index (κ2) is 5.50. The van der Waals surface area contributed by atoms with Crippen LogP contribution in [0.25, 0.3) is 0 Å². The van der Waals surface area contributed by atoms with Crippen molar-refractivity contribution in [2.45, 2.75) is 25.3 Å². The van der Waals surface area contributed by atoms with Crippen LogP contribution in [0.3, 0.4) is 0 Å². The molecule has 108 valence electrons. The standard InChI is InChI=1S/C14H20N4O2/c1-14(8-15,10-5-6-10)18-12(19)9-3-2-4-11(7-9)17-13(16)20/h2-4,7,10H,5-6,8,15H2,1H3,(H,18,19)(H3,16,17,20). The van der Waals surface area contributed by atoms with Gasteiger partial charge in [-0.3, -0.25) is 4.79 Å². The van der Waals surface area contributed by atoms with Gasteiger partial charge in [-0.15, -0.1) is 0 Å². The van der Waals surface area contributed by atoms with E-state index in [-0.39, 0.29) is 11.4 Å². The van der Waals surface area contributed by atoms with E-state index in [0.717, 1.165) is 12.8 Å². The number of carbonyl (C=O) groups is 2. The number of benzene rings is 1. The first kappa shape index (κ1) is 14.3. The van der Waals surface area contributed by atoms with Gasteiger partial charge in [-0.1, -0.05) is 6.07 Å². The molecule has 1 saturated carbocycles. The van der Waals surface area contributed by atoms with Crippen LogP contribution in [0.4, 0.5) is 10.5 Å². The van der Waals surface area contributed by atoms with Crippen LogP contribution in [0.15, 0.2) is 24.3 Å². The van der Waals surface area contributed by atoms with Gasteiger partial charge in [0.15, 0.2) is 0 Å². The molecule has 0 heterocycles. The Morgan fingerprint density at radius 1 is 1.40 bits per heavy atom. The van der Waals surface area contributed by atoms with Gasteiger partial charge in [0.2, 0.25) is 0 Å². The number of hydrogen-bond donors (Lipinski definition) is 4. The first-order valence-corrected chi connectivity index (χ1v) is 6.64. The molecule has 6 heteroatoms. The van der Waals surface area contributed by atoms with Crippen molar-refractivity contribution in [2.75, 3.05) is 11.9 Å². The summed E-state index contributed by atoms with van der Waals surface area (Å²) < 4.78 is 0. The zero-order chi connectivity index (χ0) is 14.8. The van der Waals surface area contributed by atoms with E-state index in [0.29, 0.717) is 23.7 Å². The number of nitrogens with two attached hydrogens (primary N) is 2. The van der Waals surface area contributed by atoms with Gasteiger partial charge in [-0.2, -0.15) is 0 Å². The highest BCUT2D eigenvalue weighted by Gasteiger charge is 2.41. The maximum absolute atomic E-state index is 12.3. The molecule has 1 atom stereocenters. The molecule has 0 saturated heterocycles. The smallest absolute Gasteiger partial charge is 0.316 e. The number of primary amides is 1. The molecule has 1 aliphatic rings. The second-order valence-electron chi connectivity index (χ2n) is 5.42. The lowest BCUT2D eigenvalue weighted by molar-refractivity contribution is 0.0898. The fourth-order valence-corrected chi connectivity index (χ4v) is 2.25. The number of hydrogen-bond acceptors (Lipinski definition) is 3. The van der Waals surface area contributed by atoms with Crippen LogP contribution < -0.4 is 22.1 Å². The van der Waals surface area contributed by atoms with Gasteiger partial charge in [0, 0.05) is 17.8 Å². The summed E-state index contributed by atoms with van der Waals surface area (Å²) in [5, 5.41) is 5.44.